The molecule has 0 unspecified atom stereocenters. The van der Waals surface area contributed by atoms with Crippen molar-refractivity contribution in [3.8, 4) is 0 Å². The van der Waals surface area contributed by atoms with E-state index in [-0.39, 0.29) is 21.7 Å². The summed E-state index contributed by atoms with van der Waals surface area (Å²) in [6, 6.07) is 5.28. The van der Waals surface area contributed by atoms with Crippen molar-refractivity contribution in [1.82, 2.24) is 15.0 Å². The van der Waals surface area contributed by atoms with Crippen LogP contribution in [0.4, 0.5) is 5.69 Å². The first kappa shape index (κ1) is 12.7. The van der Waals surface area contributed by atoms with Crippen LogP contribution in [0.3, 0.4) is 0 Å². The lowest BCUT2D eigenvalue weighted by molar-refractivity contribution is -0.389. The van der Waals surface area contributed by atoms with Crippen LogP contribution in [0.15, 0.2) is 34.4 Å². The minimum atomic E-state index is -0.517. The fourth-order valence-corrected chi connectivity index (χ4v) is 2.47. The second-order valence-corrected chi connectivity index (χ2v) is 4.61. The molecule has 0 aromatic carbocycles. The molecule has 0 aliphatic carbocycles. The molecule has 0 bridgehead atoms. The number of rotatable bonds is 3. The molecule has 18 heavy (non-hydrogen) atoms. The van der Waals surface area contributed by atoms with E-state index in [2.05, 4.69) is 15.0 Å². The highest BCUT2D eigenvalue weighted by Gasteiger charge is 2.22. The second-order valence-electron chi connectivity index (χ2n) is 3.26. The average Bonchev–Trinajstić information content (AvgIpc) is 2.28. The number of halogens is 1. The van der Waals surface area contributed by atoms with Gasteiger partial charge in [-0.2, -0.15) is 0 Å². The second kappa shape index (κ2) is 5.28. The molecule has 2 aromatic heterocycles. The molecule has 92 valence electrons. The maximum absolute atomic E-state index is 11.0. The number of aryl methyl sites for hydroxylation is 1. The third kappa shape index (κ3) is 2.74. The third-order valence-electron chi connectivity index (χ3n) is 2.02. The van der Waals surface area contributed by atoms with Crippen molar-refractivity contribution in [3.05, 3.63) is 45.5 Å². The van der Waals surface area contributed by atoms with Gasteiger partial charge in [0.15, 0.2) is 5.03 Å². The molecule has 0 N–H and O–H groups in total. The van der Waals surface area contributed by atoms with E-state index in [1.54, 1.807) is 24.4 Å². The Bertz CT molecular complexity index is 594. The molecular weight excluding hydrogens is 276 g/mol. The van der Waals surface area contributed by atoms with Crippen molar-refractivity contribution in [1.29, 1.82) is 0 Å². The van der Waals surface area contributed by atoms with E-state index in [1.807, 2.05) is 0 Å². The van der Waals surface area contributed by atoms with Gasteiger partial charge in [0.2, 0.25) is 5.28 Å². The Morgan fingerprint density at radius 1 is 1.39 bits per heavy atom. The van der Waals surface area contributed by atoms with E-state index in [9.17, 15) is 10.1 Å². The first-order valence-electron chi connectivity index (χ1n) is 4.85. The van der Waals surface area contributed by atoms with Crippen LogP contribution < -0.4 is 0 Å². The summed E-state index contributed by atoms with van der Waals surface area (Å²) in [5, 5.41) is 11.8. The van der Waals surface area contributed by atoms with E-state index in [0.717, 1.165) is 11.8 Å². The minimum Gasteiger partial charge on any atom is -0.258 e. The highest BCUT2D eigenvalue weighted by atomic mass is 35.5. The van der Waals surface area contributed by atoms with Gasteiger partial charge < -0.3 is 0 Å². The monoisotopic (exact) mass is 282 g/mol. The maximum atomic E-state index is 11.0. The molecule has 2 aromatic rings. The number of hydrogen-bond donors (Lipinski definition) is 0. The van der Waals surface area contributed by atoms with Crippen LogP contribution in [0.25, 0.3) is 0 Å². The van der Waals surface area contributed by atoms with Crippen LogP contribution in [-0.2, 0) is 0 Å². The van der Waals surface area contributed by atoms with Crippen molar-refractivity contribution in [2.75, 3.05) is 0 Å². The molecule has 0 saturated heterocycles. The van der Waals surface area contributed by atoms with Gasteiger partial charge in [0.05, 0.1) is 4.92 Å². The van der Waals surface area contributed by atoms with Crippen molar-refractivity contribution in [2.45, 2.75) is 17.0 Å². The molecular formula is C10H7ClN4O2S. The zero-order valence-electron chi connectivity index (χ0n) is 9.20. The zero-order valence-corrected chi connectivity index (χ0v) is 10.8. The summed E-state index contributed by atoms with van der Waals surface area (Å²) in [6.07, 6.45) is 1.60. The quantitative estimate of drug-likeness (QED) is 0.373. The standard InChI is InChI=1S/C10H7ClN4O2S/c1-6-8(15(16)17)9(14-10(11)13-6)18-7-4-2-3-5-12-7/h2-5H,1H3. The zero-order chi connectivity index (χ0) is 13.1. The van der Waals surface area contributed by atoms with Crippen LogP contribution in [0.2, 0.25) is 5.28 Å². The molecule has 0 radical (unpaired) electrons. The van der Waals surface area contributed by atoms with E-state index in [1.165, 1.54) is 6.92 Å². The Kier molecular flexibility index (Phi) is 3.73. The number of hydrogen-bond acceptors (Lipinski definition) is 6. The van der Waals surface area contributed by atoms with Crippen LogP contribution in [-0.4, -0.2) is 19.9 Å². The highest BCUT2D eigenvalue weighted by molar-refractivity contribution is 7.99. The van der Waals surface area contributed by atoms with Crippen molar-refractivity contribution in [3.63, 3.8) is 0 Å². The molecule has 0 amide bonds. The summed E-state index contributed by atoms with van der Waals surface area (Å²) in [5.41, 5.74) is 0.0912. The fourth-order valence-electron chi connectivity index (χ4n) is 1.30. The SMILES string of the molecule is Cc1nc(Cl)nc(Sc2ccccn2)c1[N+](=O)[O-]. The first-order valence-corrected chi connectivity index (χ1v) is 6.05. The topological polar surface area (TPSA) is 81.8 Å². The number of aromatic nitrogens is 3. The normalized spacial score (nSPS) is 10.3. The Morgan fingerprint density at radius 2 is 2.17 bits per heavy atom. The molecule has 2 heterocycles. The average molecular weight is 283 g/mol. The predicted molar refractivity (Wildman–Crippen MR) is 66.8 cm³/mol. The van der Waals surface area contributed by atoms with Gasteiger partial charge in [-0.05, 0) is 42.4 Å². The summed E-state index contributed by atoms with van der Waals surface area (Å²) < 4.78 is 0. The minimum absolute atomic E-state index is 0.0171. The number of nitrogens with zero attached hydrogens (tertiary/aromatic N) is 4. The third-order valence-corrected chi connectivity index (χ3v) is 3.12. The van der Waals surface area contributed by atoms with Crippen LogP contribution in [0.5, 0.6) is 0 Å². The van der Waals surface area contributed by atoms with Gasteiger partial charge in [-0.15, -0.1) is 0 Å². The van der Waals surface area contributed by atoms with Gasteiger partial charge >= 0.3 is 5.69 Å². The Labute approximate surface area is 112 Å². The molecule has 2 rings (SSSR count). The molecule has 0 saturated carbocycles. The van der Waals surface area contributed by atoms with Crippen LogP contribution >= 0.6 is 23.4 Å². The summed E-state index contributed by atoms with van der Waals surface area (Å²) in [4.78, 5) is 22.2. The molecule has 0 aliphatic heterocycles. The van der Waals surface area contributed by atoms with Gasteiger partial charge in [0.25, 0.3) is 0 Å². The lowest BCUT2D eigenvalue weighted by Crippen LogP contribution is -2.00. The van der Waals surface area contributed by atoms with Gasteiger partial charge in [-0.25, -0.2) is 15.0 Å². The number of nitro groups is 1. The van der Waals surface area contributed by atoms with Crippen molar-refractivity contribution < 1.29 is 4.92 Å². The van der Waals surface area contributed by atoms with E-state index >= 15 is 0 Å². The summed E-state index contributed by atoms with van der Waals surface area (Å²) in [7, 11) is 0. The lowest BCUT2D eigenvalue weighted by atomic mass is 10.4. The maximum Gasteiger partial charge on any atom is 0.322 e. The van der Waals surface area contributed by atoms with Crippen LogP contribution in [0.1, 0.15) is 5.69 Å². The first-order chi connectivity index (χ1) is 8.58. The van der Waals surface area contributed by atoms with Gasteiger partial charge in [0, 0.05) is 6.20 Å². The summed E-state index contributed by atoms with van der Waals surface area (Å²) >= 11 is 6.80. The van der Waals surface area contributed by atoms with E-state index in [4.69, 9.17) is 11.6 Å². The van der Waals surface area contributed by atoms with Gasteiger partial charge in [0.1, 0.15) is 10.7 Å². The number of pyridine rings is 1. The summed E-state index contributed by atoms with van der Waals surface area (Å²) in [5.74, 6) is 0. The van der Waals surface area contributed by atoms with Crippen molar-refractivity contribution >= 4 is 29.1 Å². The Morgan fingerprint density at radius 3 is 2.78 bits per heavy atom. The van der Waals surface area contributed by atoms with E-state index in [0.29, 0.717) is 5.03 Å². The highest BCUT2D eigenvalue weighted by Crippen LogP contribution is 2.34. The molecule has 0 fully saturated rings. The summed E-state index contributed by atoms with van der Waals surface area (Å²) in [6.45, 7) is 1.52. The fraction of sp³-hybridized carbons (Fsp3) is 0.100. The molecule has 0 aliphatic rings. The van der Waals surface area contributed by atoms with Crippen molar-refractivity contribution in [2.24, 2.45) is 0 Å². The molecule has 8 heteroatoms. The smallest absolute Gasteiger partial charge is 0.258 e. The molecule has 0 atom stereocenters. The molecule has 6 nitrogen and oxygen atoms in total. The van der Waals surface area contributed by atoms with E-state index < -0.39 is 4.92 Å². The van der Waals surface area contributed by atoms with Gasteiger partial charge in [-0.3, -0.25) is 10.1 Å². The predicted octanol–water partition coefficient (Wildman–Crippen LogP) is 2.89. The largest absolute Gasteiger partial charge is 0.322 e. The lowest BCUT2D eigenvalue weighted by Gasteiger charge is -2.03. The molecule has 0 spiro atoms. The van der Waals surface area contributed by atoms with Crippen LogP contribution in [0, 0.1) is 17.0 Å². The Hall–Kier alpha value is -1.73. The Balaban J connectivity index is 2.46. The van der Waals surface area contributed by atoms with Gasteiger partial charge in [-0.1, -0.05) is 6.07 Å².